The van der Waals surface area contributed by atoms with E-state index >= 15 is 0 Å². The molecule has 1 aliphatic heterocycles. The van der Waals surface area contributed by atoms with Crippen LogP contribution in [0.5, 0.6) is 0 Å². The van der Waals surface area contributed by atoms with Gasteiger partial charge in [0.25, 0.3) is 0 Å². The first-order valence-corrected chi connectivity index (χ1v) is 14.4. The molecule has 2 atom stereocenters. The molecule has 0 saturated heterocycles. The number of dihydropyridines is 1. The van der Waals surface area contributed by atoms with Gasteiger partial charge in [-0.3, -0.25) is 0 Å². The zero-order valence-electron chi connectivity index (χ0n) is 23.8. The molecule has 0 aromatic heterocycles. The first kappa shape index (κ1) is 29.0. The second-order valence-electron chi connectivity index (χ2n) is 12.4. The molecule has 1 heterocycles. The summed E-state index contributed by atoms with van der Waals surface area (Å²) in [6, 6.07) is 0.583. The van der Waals surface area contributed by atoms with E-state index in [1.807, 2.05) is 0 Å². The van der Waals surface area contributed by atoms with Crippen LogP contribution in [0.25, 0.3) is 0 Å². The standard InChI is InChI=1S/C32H56N2/c1-10-23(3)22-33-26(6)14-12-13-25(5)19-30-21-29(20-28-17-15-24(4)16-18-28)27(7)34-31(30)32(8,9)11-2/h21,23-24,26,28,33-34H,5,7,10-20,22H2,1-4,6,8-9H3/t23?,24?,26-,28?/m1/s1. The Balaban J connectivity index is 2.02. The molecule has 0 bridgehead atoms. The summed E-state index contributed by atoms with van der Waals surface area (Å²) >= 11 is 0. The van der Waals surface area contributed by atoms with E-state index in [0.29, 0.717) is 6.04 Å². The fourth-order valence-electron chi connectivity index (χ4n) is 5.29. The molecule has 0 amide bonds. The minimum absolute atomic E-state index is 0.120. The minimum atomic E-state index is 0.120. The highest BCUT2D eigenvalue weighted by Gasteiger charge is 2.29. The Labute approximate surface area is 212 Å². The molecule has 1 aliphatic carbocycles. The second-order valence-corrected chi connectivity index (χ2v) is 12.4. The van der Waals surface area contributed by atoms with Crippen LogP contribution in [0.1, 0.15) is 119 Å². The maximum Gasteiger partial charge on any atom is 0.0341 e. The van der Waals surface area contributed by atoms with Crippen molar-refractivity contribution < 1.29 is 0 Å². The molecule has 0 spiro atoms. The van der Waals surface area contributed by atoms with E-state index in [-0.39, 0.29) is 5.41 Å². The van der Waals surface area contributed by atoms with Gasteiger partial charge in [-0.15, -0.1) is 0 Å². The molecule has 34 heavy (non-hydrogen) atoms. The van der Waals surface area contributed by atoms with Gasteiger partial charge in [-0.2, -0.15) is 0 Å². The lowest BCUT2D eigenvalue weighted by Gasteiger charge is -2.36. The van der Waals surface area contributed by atoms with Crippen molar-refractivity contribution in [3.8, 4) is 0 Å². The predicted molar refractivity (Wildman–Crippen MR) is 152 cm³/mol. The highest BCUT2D eigenvalue weighted by molar-refractivity contribution is 5.47. The summed E-state index contributed by atoms with van der Waals surface area (Å²) in [6.45, 7) is 26.4. The summed E-state index contributed by atoms with van der Waals surface area (Å²) in [4.78, 5) is 0. The Bertz CT molecular complexity index is 730. The van der Waals surface area contributed by atoms with E-state index in [1.165, 1.54) is 73.8 Å². The number of hydrogen-bond acceptors (Lipinski definition) is 2. The molecule has 194 valence electrons. The SMILES string of the molecule is C=C(CCC[C@@H](C)NCC(C)CC)CC1=C(C(C)(C)CC)NC(=C)C(CC2CCC(C)CC2)=C1. The van der Waals surface area contributed by atoms with Crippen LogP contribution in [0.2, 0.25) is 0 Å². The topological polar surface area (TPSA) is 24.1 Å². The summed E-state index contributed by atoms with van der Waals surface area (Å²) in [7, 11) is 0. The van der Waals surface area contributed by atoms with Gasteiger partial charge in [-0.05, 0) is 93.7 Å². The number of nitrogens with one attached hydrogen (secondary N) is 2. The maximum atomic E-state index is 4.51. The predicted octanol–water partition coefficient (Wildman–Crippen LogP) is 9.08. The maximum absolute atomic E-state index is 4.51. The normalized spacial score (nSPS) is 23.4. The molecule has 1 saturated carbocycles. The molecule has 2 rings (SSSR count). The van der Waals surface area contributed by atoms with Crippen LogP contribution in [0.4, 0.5) is 0 Å². The molecule has 2 aliphatic rings. The molecule has 0 aromatic carbocycles. The van der Waals surface area contributed by atoms with Crippen molar-refractivity contribution in [3.05, 3.63) is 47.3 Å². The van der Waals surface area contributed by atoms with Gasteiger partial charge in [0.2, 0.25) is 0 Å². The van der Waals surface area contributed by atoms with Crippen LogP contribution < -0.4 is 10.6 Å². The van der Waals surface area contributed by atoms with Crippen molar-refractivity contribution in [3.63, 3.8) is 0 Å². The van der Waals surface area contributed by atoms with Crippen LogP contribution in [0, 0.1) is 23.2 Å². The summed E-state index contributed by atoms with van der Waals surface area (Å²) in [6.07, 6.45) is 16.1. The molecule has 2 nitrogen and oxygen atoms in total. The molecule has 0 radical (unpaired) electrons. The second kappa shape index (κ2) is 13.7. The van der Waals surface area contributed by atoms with Gasteiger partial charge in [0, 0.05) is 22.9 Å². The van der Waals surface area contributed by atoms with Gasteiger partial charge in [-0.25, -0.2) is 0 Å². The van der Waals surface area contributed by atoms with E-state index in [9.17, 15) is 0 Å². The summed E-state index contributed by atoms with van der Waals surface area (Å²) in [5, 5.41) is 7.49. The highest BCUT2D eigenvalue weighted by atomic mass is 14.9. The van der Waals surface area contributed by atoms with Gasteiger partial charge < -0.3 is 10.6 Å². The third-order valence-electron chi connectivity index (χ3n) is 8.66. The van der Waals surface area contributed by atoms with Crippen molar-refractivity contribution in [2.45, 2.75) is 125 Å². The minimum Gasteiger partial charge on any atom is -0.358 e. The van der Waals surface area contributed by atoms with Crippen molar-refractivity contribution in [1.29, 1.82) is 0 Å². The number of hydrogen-bond donors (Lipinski definition) is 2. The molecular formula is C32H56N2. The van der Waals surface area contributed by atoms with Gasteiger partial charge >= 0.3 is 0 Å². The van der Waals surface area contributed by atoms with Crippen LogP contribution in [-0.4, -0.2) is 12.6 Å². The van der Waals surface area contributed by atoms with E-state index in [0.717, 1.165) is 49.3 Å². The van der Waals surface area contributed by atoms with Crippen LogP contribution >= 0.6 is 0 Å². The molecule has 2 N–H and O–H groups in total. The lowest BCUT2D eigenvalue weighted by molar-refractivity contribution is 0.288. The van der Waals surface area contributed by atoms with Crippen molar-refractivity contribution in [2.75, 3.05) is 6.54 Å². The molecule has 1 unspecified atom stereocenters. The van der Waals surface area contributed by atoms with E-state index < -0.39 is 0 Å². The van der Waals surface area contributed by atoms with Gasteiger partial charge in [0.05, 0.1) is 0 Å². The average molecular weight is 469 g/mol. The lowest BCUT2D eigenvalue weighted by atomic mass is 9.77. The Morgan fingerprint density at radius 2 is 1.85 bits per heavy atom. The molecular weight excluding hydrogens is 412 g/mol. The highest BCUT2D eigenvalue weighted by Crippen LogP contribution is 2.40. The largest absolute Gasteiger partial charge is 0.358 e. The monoisotopic (exact) mass is 468 g/mol. The lowest BCUT2D eigenvalue weighted by Crippen LogP contribution is -2.31. The number of rotatable bonds is 14. The zero-order valence-corrected chi connectivity index (χ0v) is 23.8. The quantitative estimate of drug-likeness (QED) is 0.248. The summed E-state index contributed by atoms with van der Waals surface area (Å²) in [5.41, 5.74) is 6.86. The van der Waals surface area contributed by atoms with Crippen LogP contribution in [-0.2, 0) is 0 Å². The third-order valence-corrected chi connectivity index (χ3v) is 8.66. The Kier molecular flexibility index (Phi) is 11.7. The molecule has 2 heteroatoms. The third kappa shape index (κ3) is 9.06. The van der Waals surface area contributed by atoms with Crippen LogP contribution in [0.3, 0.4) is 0 Å². The van der Waals surface area contributed by atoms with E-state index in [2.05, 4.69) is 78.3 Å². The van der Waals surface area contributed by atoms with Crippen molar-refractivity contribution in [2.24, 2.45) is 23.2 Å². The van der Waals surface area contributed by atoms with Gasteiger partial charge in [0.15, 0.2) is 0 Å². The first-order chi connectivity index (χ1) is 16.1. The Hall–Kier alpha value is -1.28. The van der Waals surface area contributed by atoms with E-state index in [1.54, 1.807) is 0 Å². The smallest absolute Gasteiger partial charge is 0.0341 e. The van der Waals surface area contributed by atoms with Gasteiger partial charge in [-0.1, -0.05) is 85.6 Å². The summed E-state index contributed by atoms with van der Waals surface area (Å²) < 4.78 is 0. The number of allylic oxidation sites excluding steroid dienone is 5. The molecule has 0 aromatic rings. The van der Waals surface area contributed by atoms with Crippen molar-refractivity contribution >= 4 is 0 Å². The summed E-state index contributed by atoms with van der Waals surface area (Å²) in [5.74, 6) is 2.48. The first-order valence-electron chi connectivity index (χ1n) is 14.4. The molecule has 1 fully saturated rings. The Morgan fingerprint density at radius 3 is 2.47 bits per heavy atom. The van der Waals surface area contributed by atoms with Crippen LogP contribution in [0.15, 0.2) is 47.3 Å². The van der Waals surface area contributed by atoms with E-state index in [4.69, 9.17) is 0 Å². The van der Waals surface area contributed by atoms with Crippen molar-refractivity contribution in [1.82, 2.24) is 10.6 Å². The Morgan fingerprint density at radius 1 is 1.18 bits per heavy atom. The fourth-order valence-corrected chi connectivity index (χ4v) is 5.29. The zero-order chi connectivity index (χ0) is 25.3. The van der Waals surface area contributed by atoms with Gasteiger partial charge in [0.1, 0.15) is 0 Å². The average Bonchev–Trinajstić information content (AvgIpc) is 2.80. The fraction of sp³-hybridized carbons (Fsp3) is 0.750.